The van der Waals surface area contributed by atoms with Crippen molar-refractivity contribution in [2.45, 2.75) is 19.9 Å². The molecule has 0 unspecified atom stereocenters. The van der Waals surface area contributed by atoms with E-state index in [0.717, 1.165) is 28.4 Å². The van der Waals surface area contributed by atoms with Crippen molar-refractivity contribution in [3.63, 3.8) is 0 Å². The monoisotopic (exact) mass is 336 g/mol. The van der Waals surface area contributed by atoms with Crippen molar-refractivity contribution in [2.24, 2.45) is 0 Å². The number of carboxylic acids is 1. The van der Waals surface area contributed by atoms with Crippen LogP contribution in [0.4, 0.5) is 0 Å². The minimum absolute atomic E-state index is 0.0883. The zero-order valence-electron chi connectivity index (χ0n) is 13.2. The normalized spacial score (nSPS) is 10.9. The molecule has 1 aromatic carbocycles. The summed E-state index contributed by atoms with van der Waals surface area (Å²) in [5, 5.41) is 8.82. The van der Waals surface area contributed by atoms with E-state index in [9.17, 15) is 9.59 Å². The van der Waals surface area contributed by atoms with Crippen LogP contribution in [-0.2, 0) is 11.3 Å². The first-order valence-electron chi connectivity index (χ1n) is 7.34. The van der Waals surface area contributed by atoms with Crippen LogP contribution in [0.15, 0.2) is 29.1 Å². The summed E-state index contributed by atoms with van der Waals surface area (Å²) >= 11 is 1.17. The Kier molecular flexibility index (Phi) is 5.95. The van der Waals surface area contributed by atoms with Gasteiger partial charge in [0.2, 0.25) is 0 Å². The Balaban J connectivity index is 2.21. The van der Waals surface area contributed by atoms with Crippen molar-refractivity contribution in [2.75, 3.05) is 20.2 Å². The number of rotatable bonds is 8. The highest BCUT2D eigenvalue weighted by Crippen LogP contribution is 2.26. The lowest BCUT2D eigenvalue weighted by atomic mass is 10.1. The molecule has 0 radical (unpaired) electrons. The second-order valence-electron chi connectivity index (χ2n) is 5.05. The van der Waals surface area contributed by atoms with Gasteiger partial charge in [-0.3, -0.25) is 14.5 Å². The van der Waals surface area contributed by atoms with Gasteiger partial charge in [-0.2, -0.15) is 0 Å². The van der Waals surface area contributed by atoms with Gasteiger partial charge in [0.1, 0.15) is 5.75 Å². The molecule has 2 rings (SSSR count). The quantitative estimate of drug-likeness (QED) is 0.773. The number of ether oxygens (including phenoxy) is 1. The van der Waals surface area contributed by atoms with Gasteiger partial charge in [-0.25, -0.2) is 0 Å². The fourth-order valence-corrected chi connectivity index (χ4v) is 3.16. The number of hydrogen-bond acceptors (Lipinski definition) is 5. The van der Waals surface area contributed by atoms with Gasteiger partial charge in [-0.05, 0) is 36.4 Å². The van der Waals surface area contributed by atoms with E-state index in [1.165, 1.54) is 11.3 Å². The molecule has 124 valence electrons. The summed E-state index contributed by atoms with van der Waals surface area (Å²) in [6, 6.07) is 7.48. The molecule has 0 saturated carbocycles. The minimum atomic E-state index is -0.818. The van der Waals surface area contributed by atoms with E-state index < -0.39 is 5.97 Å². The Labute approximate surface area is 138 Å². The first kappa shape index (κ1) is 17.2. The molecule has 0 fully saturated rings. The van der Waals surface area contributed by atoms with Crippen LogP contribution in [0.1, 0.15) is 18.2 Å². The number of aromatic nitrogens is 1. The maximum Gasteiger partial charge on any atom is 0.305 e. The zero-order valence-corrected chi connectivity index (χ0v) is 14.0. The second-order valence-corrected chi connectivity index (χ2v) is 6.12. The molecule has 0 aliphatic rings. The highest BCUT2D eigenvalue weighted by Gasteiger charge is 2.14. The van der Waals surface area contributed by atoms with Gasteiger partial charge >= 0.3 is 10.8 Å². The molecule has 7 heteroatoms. The van der Waals surface area contributed by atoms with E-state index in [1.54, 1.807) is 7.11 Å². The predicted octanol–water partition coefficient (Wildman–Crippen LogP) is 2.41. The molecule has 0 spiro atoms. The fourth-order valence-electron chi connectivity index (χ4n) is 2.27. The standard InChI is InChI=1S/C16H20N2O4S/c1-3-18(9-8-14(19)20)10-13-15(17-16(21)23-13)11-4-6-12(22-2)7-5-11/h4-7H,3,8-10H2,1-2H3,(H,17,21)(H,19,20). The second kappa shape index (κ2) is 7.94. The number of carbonyl (C=O) groups is 1. The third-order valence-corrected chi connectivity index (χ3v) is 4.42. The number of nitrogens with zero attached hydrogens (tertiary/aromatic N) is 1. The van der Waals surface area contributed by atoms with Gasteiger partial charge in [-0.15, -0.1) is 0 Å². The summed E-state index contributed by atoms with van der Waals surface area (Å²) in [4.78, 5) is 28.2. The van der Waals surface area contributed by atoms with E-state index in [2.05, 4.69) is 4.98 Å². The van der Waals surface area contributed by atoms with E-state index in [1.807, 2.05) is 36.1 Å². The SMILES string of the molecule is CCN(CCC(=O)O)Cc1sc(=O)[nH]c1-c1ccc(OC)cc1. The van der Waals surface area contributed by atoms with Crippen molar-refractivity contribution >= 4 is 17.3 Å². The molecule has 0 aliphatic heterocycles. The van der Waals surface area contributed by atoms with E-state index in [4.69, 9.17) is 9.84 Å². The highest BCUT2D eigenvalue weighted by atomic mass is 32.1. The molecule has 23 heavy (non-hydrogen) atoms. The number of thiazole rings is 1. The summed E-state index contributed by atoms with van der Waals surface area (Å²) < 4.78 is 5.14. The van der Waals surface area contributed by atoms with Gasteiger partial charge in [0.05, 0.1) is 19.2 Å². The molecular weight excluding hydrogens is 316 g/mol. The van der Waals surface area contributed by atoms with Crippen molar-refractivity contribution in [3.05, 3.63) is 38.8 Å². The van der Waals surface area contributed by atoms with Crippen LogP contribution in [0.2, 0.25) is 0 Å². The summed E-state index contributed by atoms with van der Waals surface area (Å²) in [5.41, 5.74) is 1.70. The number of nitrogens with one attached hydrogen (secondary N) is 1. The summed E-state index contributed by atoms with van der Waals surface area (Å²) in [6.45, 7) is 3.71. The molecule has 1 heterocycles. The smallest absolute Gasteiger partial charge is 0.305 e. The predicted molar refractivity (Wildman–Crippen MR) is 90.1 cm³/mol. The molecule has 1 aromatic heterocycles. The average Bonchev–Trinajstić information content (AvgIpc) is 2.91. The van der Waals surface area contributed by atoms with Crippen molar-refractivity contribution in [1.29, 1.82) is 0 Å². The lowest BCUT2D eigenvalue weighted by Gasteiger charge is -2.19. The number of hydrogen-bond donors (Lipinski definition) is 2. The molecule has 0 amide bonds. The first-order chi connectivity index (χ1) is 11.0. The van der Waals surface area contributed by atoms with E-state index in [-0.39, 0.29) is 11.3 Å². The number of H-pyrrole nitrogens is 1. The first-order valence-corrected chi connectivity index (χ1v) is 8.15. The third kappa shape index (κ3) is 4.67. The zero-order chi connectivity index (χ0) is 16.8. The Morgan fingerprint density at radius 3 is 2.61 bits per heavy atom. The Bertz CT molecular complexity index is 706. The largest absolute Gasteiger partial charge is 0.497 e. The lowest BCUT2D eigenvalue weighted by Crippen LogP contribution is -2.25. The lowest BCUT2D eigenvalue weighted by molar-refractivity contribution is -0.137. The van der Waals surface area contributed by atoms with Crippen LogP contribution in [0, 0.1) is 0 Å². The molecule has 2 aromatic rings. The molecular formula is C16H20N2O4S. The van der Waals surface area contributed by atoms with Gasteiger partial charge in [0.25, 0.3) is 0 Å². The van der Waals surface area contributed by atoms with Crippen LogP contribution in [0.25, 0.3) is 11.3 Å². The van der Waals surface area contributed by atoms with Gasteiger partial charge < -0.3 is 14.8 Å². The molecule has 0 atom stereocenters. The maximum atomic E-state index is 11.8. The molecule has 0 aliphatic carbocycles. The van der Waals surface area contributed by atoms with E-state index in [0.29, 0.717) is 13.1 Å². The molecule has 0 saturated heterocycles. The van der Waals surface area contributed by atoms with Crippen LogP contribution >= 0.6 is 11.3 Å². The minimum Gasteiger partial charge on any atom is -0.497 e. The Morgan fingerprint density at radius 2 is 2.04 bits per heavy atom. The van der Waals surface area contributed by atoms with Crippen molar-refractivity contribution < 1.29 is 14.6 Å². The Morgan fingerprint density at radius 1 is 1.35 bits per heavy atom. The van der Waals surface area contributed by atoms with Crippen LogP contribution in [-0.4, -0.2) is 41.2 Å². The fraction of sp³-hybridized carbons (Fsp3) is 0.375. The summed E-state index contributed by atoms with van der Waals surface area (Å²) in [6.07, 6.45) is 0.0883. The topological polar surface area (TPSA) is 82.6 Å². The van der Waals surface area contributed by atoms with Gasteiger partial charge in [0, 0.05) is 18.0 Å². The van der Waals surface area contributed by atoms with Crippen molar-refractivity contribution in [3.8, 4) is 17.0 Å². The number of aromatic amines is 1. The Hall–Kier alpha value is -2.12. The summed E-state index contributed by atoms with van der Waals surface area (Å²) in [5.74, 6) is -0.0643. The third-order valence-electron chi connectivity index (χ3n) is 3.56. The van der Waals surface area contributed by atoms with E-state index >= 15 is 0 Å². The average molecular weight is 336 g/mol. The highest BCUT2D eigenvalue weighted by molar-refractivity contribution is 7.09. The number of benzene rings is 1. The van der Waals surface area contributed by atoms with Crippen LogP contribution in [0.3, 0.4) is 0 Å². The number of carboxylic acid groups (broad SMARTS) is 1. The summed E-state index contributed by atoms with van der Waals surface area (Å²) in [7, 11) is 1.61. The number of methoxy groups -OCH3 is 1. The van der Waals surface area contributed by atoms with Gasteiger partial charge in [-0.1, -0.05) is 18.3 Å². The van der Waals surface area contributed by atoms with Gasteiger partial charge in [0.15, 0.2) is 0 Å². The number of aliphatic carboxylic acids is 1. The molecule has 0 bridgehead atoms. The molecule has 2 N–H and O–H groups in total. The molecule has 6 nitrogen and oxygen atoms in total. The van der Waals surface area contributed by atoms with Crippen molar-refractivity contribution in [1.82, 2.24) is 9.88 Å². The maximum absolute atomic E-state index is 11.8. The van der Waals surface area contributed by atoms with Crippen LogP contribution < -0.4 is 9.61 Å². The van der Waals surface area contributed by atoms with Crippen LogP contribution in [0.5, 0.6) is 5.75 Å².